The molecule has 0 aliphatic carbocycles. The number of nitrogens with zero attached hydrogens (tertiary/aromatic N) is 2. The number of carbonyl (C=O) groups excluding carboxylic acids is 2. The smallest absolute Gasteiger partial charge is 0.343 e. The largest absolute Gasteiger partial charge is 0.452 e. The second kappa shape index (κ2) is 8.85. The van der Waals surface area contributed by atoms with Crippen LogP contribution in [0.25, 0.3) is 0 Å². The molecule has 1 heterocycles. The van der Waals surface area contributed by atoms with Gasteiger partial charge in [-0.25, -0.2) is 9.48 Å². The van der Waals surface area contributed by atoms with Crippen molar-refractivity contribution < 1.29 is 14.3 Å². The van der Waals surface area contributed by atoms with Gasteiger partial charge in [0.05, 0.1) is 12.2 Å². The molecular formula is C19H24ClN3O3. The number of aryl methyl sites for hydroxylation is 2. The molecule has 0 fully saturated rings. The van der Waals surface area contributed by atoms with Crippen molar-refractivity contribution in [2.75, 3.05) is 6.61 Å². The number of hydrogen-bond acceptors (Lipinski definition) is 4. The first-order valence-electron chi connectivity index (χ1n) is 8.56. The van der Waals surface area contributed by atoms with Gasteiger partial charge in [0.2, 0.25) is 0 Å². The van der Waals surface area contributed by atoms with Gasteiger partial charge in [-0.05, 0) is 32.8 Å². The van der Waals surface area contributed by atoms with E-state index in [0.29, 0.717) is 12.2 Å². The lowest BCUT2D eigenvalue weighted by molar-refractivity contribution is -0.124. The highest BCUT2D eigenvalue weighted by Crippen LogP contribution is 2.22. The van der Waals surface area contributed by atoms with Crippen LogP contribution in [0.1, 0.15) is 47.4 Å². The number of rotatable bonds is 7. The molecule has 1 amide bonds. The van der Waals surface area contributed by atoms with E-state index < -0.39 is 5.97 Å². The van der Waals surface area contributed by atoms with Crippen LogP contribution in [0.4, 0.5) is 0 Å². The predicted molar refractivity (Wildman–Crippen MR) is 100 cm³/mol. The average Bonchev–Trinajstić information content (AvgIpc) is 2.88. The van der Waals surface area contributed by atoms with E-state index in [1.54, 1.807) is 11.6 Å². The van der Waals surface area contributed by atoms with Crippen molar-refractivity contribution in [1.82, 2.24) is 15.1 Å². The quantitative estimate of drug-likeness (QED) is 0.751. The summed E-state index contributed by atoms with van der Waals surface area (Å²) < 4.78 is 6.64. The Kier molecular flexibility index (Phi) is 6.80. The summed E-state index contributed by atoms with van der Waals surface area (Å²) in [5.74, 6) is -0.990. The van der Waals surface area contributed by atoms with Crippen molar-refractivity contribution in [1.29, 1.82) is 0 Å². The normalized spacial score (nSPS) is 11.9. The third-order valence-corrected chi connectivity index (χ3v) is 4.46. The van der Waals surface area contributed by atoms with E-state index in [1.165, 1.54) is 0 Å². The van der Waals surface area contributed by atoms with Gasteiger partial charge in [-0.15, -0.1) is 0 Å². The Labute approximate surface area is 158 Å². The van der Waals surface area contributed by atoms with Gasteiger partial charge in [0, 0.05) is 6.04 Å². The lowest BCUT2D eigenvalue weighted by Gasteiger charge is -2.11. The minimum Gasteiger partial charge on any atom is -0.452 e. The molecule has 0 radical (unpaired) electrons. The number of esters is 1. The molecule has 6 nitrogen and oxygen atoms in total. The van der Waals surface area contributed by atoms with E-state index in [9.17, 15) is 9.59 Å². The van der Waals surface area contributed by atoms with Crippen molar-refractivity contribution in [3.8, 4) is 0 Å². The fourth-order valence-corrected chi connectivity index (χ4v) is 2.69. The molecular weight excluding hydrogens is 354 g/mol. The van der Waals surface area contributed by atoms with Gasteiger partial charge < -0.3 is 10.1 Å². The zero-order valence-electron chi connectivity index (χ0n) is 15.5. The summed E-state index contributed by atoms with van der Waals surface area (Å²) in [6.07, 6.45) is 0.802. The molecule has 140 valence electrons. The predicted octanol–water partition coefficient (Wildman–Crippen LogP) is 3.27. The van der Waals surface area contributed by atoms with Crippen LogP contribution < -0.4 is 5.32 Å². The maximum absolute atomic E-state index is 12.3. The molecule has 0 saturated heterocycles. The molecule has 0 bridgehead atoms. The molecule has 1 N–H and O–H groups in total. The third-order valence-electron chi connectivity index (χ3n) is 4.08. The molecule has 26 heavy (non-hydrogen) atoms. The van der Waals surface area contributed by atoms with E-state index in [0.717, 1.165) is 17.5 Å². The Morgan fingerprint density at radius 1 is 1.27 bits per heavy atom. The van der Waals surface area contributed by atoms with Crippen molar-refractivity contribution in [3.63, 3.8) is 0 Å². The van der Waals surface area contributed by atoms with Gasteiger partial charge in [0.15, 0.2) is 6.61 Å². The SMILES string of the molecule is CC[C@H](C)NC(=O)COC(=O)c1c(C)nn(Cc2ccc(C)cc2)c1Cl. The molecule has 2 aromatic rings. The molecule has 1 aromatic heterocycles. The fourth-order valence-electron chi connectivity index (χ4n) is 2.38. The Morgan fingerprint density at radius 3 is 2.54 bits per heavy atom. The lowest BCUT2D eigenvalue weighted by atomic mass is 10.1. The Hall–Kier alpha value is -2.34. The first-order valence-corrected chi connectivity index (χ1v) is 8.94. The van der Waals surface area contributed by atoms with Crippen LogP contribution in [-0.4, -0.2) is 34.3 Å². The molecule has 1 atom stereocenters. The van der Waals surface area contributed by atoms with Crippen molar-refractivity contribution in [2.24, 2.45) is 0 Å². The van der Waals surface area contributed by atoms with Crippen LogP contribution in [0.5, 0.6) is 0 Å². The zero-order chi connectivity index (χ0) is 19.3. The minimum atomic E-state index is -0.651. The summed E-state index contributed by atoms with van der Waals surface area (Å²) in [4.78, 5) is 24.1. The Morgan fingerprint density at radius 2 is 1.92 bits per heavy atom. The zero-order valence-corrected chi connectivity index (χ0v) is 16.3. The molecule has 0 saturated carbocycles. The standard InChI is InChI=1S/C19H24ClN3O3/c1-5-13(3)21-16(24)11-26-19(25)17-14(4)22-23(18(17)20)10-15-8-6-12(2)7-9-15/h6-9,13H,5,10-11H2,1-4H3,(H,21,24)/t13-/m0/s1. The Bertz CT molecular complexity index is 784. The molecule has 1 aromatic carbocycles. The number of ether oxygens (including phenoxy) is 1. The van der Waals surface area contributed by atoms with Crippen LogP contribution >= 0.6 is 11.6 Å². The Balaban J connectivity index is 2.05. The molecule has 0 aliphatic heterocycles. The van der Waals surface area contributed by atoms with Gasteiger partial charge >= 0.3 is 5.97 Å². The summed E-state index contributed by atoms with van der Waals surface area (Å²) in [5, 5.41) is 7.26. The minimum absolute atomic E-state index is 0.0313. The number of benzene rings is 1. The second-order valence-corrected chi connectivity index (χ2v) is 6.71. The first kappa shape index (κ1) is 20.0. The third kappa shape index (κ3) is 5.08. The van der Waals surface area contributed by atoms with Crippen LogP contribution in [0.15, 0.2) is 24.3 Å². The molecule has 2 rings (SSSR count). The highest BCUT2D eigenvalue weighted by Gasteiger charge is 2.22. The van der Waals surface area contributed by atoms with Gasteiger partial charge in [0.25, 0.3) is 5.91 Å². The molecule has 0 unspecified atom stereocenters. The number of hydrogen-bond donors (Lipinski definition) is 1. The van der Waals surface area contributed by atoms with Crippen molar-refractivity contribution in [2.45, 2.75) is 46.7 Å². The second-order valence-electron chi connectivity index (χ2n) is 6.35. The highest BCUT2D eigenvalue weighted by atomic mass is 35.5. The number of amides is 1. The highest BCUT2D eigenvalue weighted by molar-refractivity contribution is 6.32. The maximum atomic E-state index is 12.3. The van der Waals surface area contributed by atoms with E-state index in [2.05, 4.69) is 10.4 Å². The summed E-state index contributed by atoms with van der Waals surface area (Å²) in [6.45, 7) is 7.65. The van der Waals surface area contributed by atoms with E-state index in [1.807, 2.05) is 45.0 Å². The summed E-state index contributed by atoms with van der Waals surface area (Å²) >= 11 is 6.33. The summed E-state index contributed by atoms with van der Waals surface area (Å²) in [6, 6.07) is 8.01. The van der Waals surface area contributed by atoms with Gasteiger partial charge in [0.1, 0.15) is 10.7 Å². The van der Waals surface area contributed by atoms with Crippen molar-refractivity contribution in [3.05, 3.63) is 51.8 Å². The van der Waals surface area contributed by atoms with E-state index in [-0.39, 0.29) is 29.3 Å². The van der Waals surface area contributed by atoms with E-state index >= 15 is 0 Å². The number of halogens is 1. The number of aromatic nitrogens is 2. The van der Waals surface area contributed by atoms with Crippen LogP contribution in [-0.2, 0) is 16.1 Å². The monoisotopic (exact) mass is 377 g/mol. The summed E-state index contributed by atoms with van der Waals surface area (Å²) in [7, 11) is 0. The maximum Gasteiger partial charge on any atom is 0.343 e. The van der Waals surface area contributed by atoms with E-state index in [4.69, 9.17) is 16.3 Å². The molecule has 7 heteroatoms. The van der Waals surface area contributed by atoms with Crippen LogP contribution in [0, 0.1) is 13.8 Å². The lowest BCUT2D eigenvalue weighted by Crippen LogP contribution is -2.35. The summed E-state index contributed by atoms with van der Waals surface area (Å²) in [5.41, 5.74) is 2.84. The topological polar surface area (TPSA) is 73.2 Å². The van der Waals surface area contributed by atoms with Crippen LogP contribution in [0.3, 0.4) is 0 Å². The number of carbonyl (C=O) groups is 2. The molecule has 0 aliphatic rings. The molecule has 0 spiro atoms. The van der Waals surface area contributed by atoms with Gasteiger partial charge in [-0.2, -0.15) is 5.10 Å². The van der Waals surface area contributed by atoms with Crippen LogP contribution in [0.2, 0.25) is 5.15 Å². The fraction of sp³-hybridized carbons (Fsp3) is 0.421. The first-order chi connectivity index (χ1) is 12.3. The van der Waals surface area contributed by atoms with Gasteiger partial charge in [-0.1, -0.05) is 48.4 Å². The van der Waals surface area contributed by atoms with Crippen molar-refractivity contribution >= 4 is 23.5 Å². The average molecular weight is 378 g/mol. The van der Waals surface area contributed by atoms with Gasteiger partial charge in [-0.3, -0.25) is 4.79 Å². The number of nitrogens with one attached hydrogen (secondary N) is 1.